The average Bonchev–Trinajstić information content (AvgIpc) is 2.60. The molecule has 0 unspecified atom stereocenters. The molecule has 0 bridgehead atoms. The number of halogens is 1. The van der Waals surface area contributed by atoms with Crippen molar-refractivity contribution in [1.29, 1.82) is 0 Å². The van der Waals surface area contributed by atoms with E-state index in [9.17, 15) is 4.79 Å². The number of nitrogens with zero attached hydrogens (tertiary/aromatic N) is 2. The van der Waals surface area contributed by atoms with Crippen LogP contribution < -0.4 is 0 Å². The molecular formula is C11H13ClN2O2. The number of imidazole rings is 1. The lowest BCUT2D eigenvalue weighted by Gasteiger charge is -2.14. The fraction of sp³-hybridized carbons (Fsp3) is 0.273. The Hall–Kier alpha value is -1.39. The molecule has 5 heteroatoms. The Morgan fingerprint density at radius 1 is 1.38 bits per heavy atom. The highest BCUT2D eigenvalue weighted by Gasteiger charge is 2.16. The number of aldehydes is 1. The summed E-state index contributed by atoms with van der Waals surface area (Å²) in [5.74, 6) is 0.562. The molecule has 3 rings (SSSR count). The highest BCUT2D eigenvalue weighted by atomic mass is 35.5. The number of hydrogen-bond donors (Lipinski definition) is 0. The molecule has 2 N–H and O–H groups in total. The third-order valence-electron chi connectivity index (χ3n) is 2.81. The van der Waals surface area contributed by atoms with Gasteiger partial charge in [-0.1, -0.05) is 12.1 Å². The topological polar surface area (TPSA) is 66.4 Å². The zero-order valence-electron chi connectivity index (χ0n) is 8.64. The molecule has 2 aromatic rings. The summed E-state index contributed by atoms with van der Waals surface area (Å²) in [6.45, 7) is 0.918. The van der Waals surface area contributed by atoms with E-state index in [0.29, 0.717) is 5.82 Å². The molecule has 86 valence electrons. The van der Waals surface area contributed by atoms with Crippen LogP contribution in [0.25, 0.3) is 11.0 Å². The van der Waals surface area contributed by atoms with Crippen molar-refractivity contribution >= 4 is 29.7 Å². The van der Waals surface area contributed by atoms with Gasteiger partial charge in [0, 0.05) is 6.54 Å². The molecule has 0 atom stereocenters. The van der Waals surface area contributed by atoms with Crippen LogP contribution in [0.15, 0.2) is 18.2 Å². The molecular weight excluding hydrogens is 228 g/mol. The second kappa shape index (κ2) is 4.63. The van der Waals surface area contributed by atoms with E-state index in [4.69, 9.17) is 0 Å². The fourth-order valence-electron chi connectivity index (χ4n) is 2.22. The van der Waals surface area contributed by atoms with E-state index >= 15 is 0 Å². The molecule has 1 aromatic heterocycles. The van der Waals surface area contributed by atoms with Gasteiger partial charge in [-0.05, 0) is 24.5 Å². The van der Waals surface area contributed by atoms with Gasteiger partial charge in [-0.2, -0.15) is 0 Å². The minimum Gasteiger partial charge on any atom is -0.412 e. The largest absolute Gasteiger partial charge is 0.412 e. The van der Waals surface area contributed by atoms with Crippen LogP contribution in [0.3, 0.4) is 0 Å². The van der Waals surface area contributed by atoms with Crippen LogP contribution in [0, 0.1) is 0 Å². The zero-order valence-corrected chi connectivity index (χ0v) is 9.46. The summed E-state index contributed by atoms with van der Waals surface area (Å²) in [6.07, 6.45) is 3.04. The summed E-state index contributed by atoms with van der Waals surface area (Å²) in [5.41, 5.74) is 3.42. The van der Waals surface area contributed by atoms with Crippen LogP contribution in [0.1, 0.15) is 22.6 Å². The maximum Gasteiger partial charge on any atom is 0.185 e. The standard InChI is InChI=1S/C11H10N2O.ClH.H2O/c14-7-10-12-9-5-1-3-8-4-2-6-13(10)11(8)9;;/h1,3,5,7H,2,4,6H2;1H;1H2. The summed E-state index contributed by atoms with van der Waals surface area (Å²) in [5, 5.41) is 0. The Balaban J connectivity index is 0.000000640. The molecule has 0 saturated heterocycles. The van der Waals surface area contributed by atoms with E-state index in [0.717, 1.165) is 36.7 Å². The number of hydrogen-bond acceptors (Lipinski definition) is 2. The fourth-order valence-corrected chi connectivity index (χ4v) is 2.22. The molecule has 1 aromatic carbocycles. The van der Waals surface area contributed by atoms with Gasteiger partial charge in [-0.15, -0.1) is 12.4 Å². The average molecular weight is 241 g/mol. The minimum atomic E-state index is 0. The van der Waals surface area contributed by atoms with E-state index in [1.165, 1.54) is 5.56 Å². The Bertz CT molecular complexity index is 522. The molecule has 2 heterocycles. The number of benzene rings is 1. The number of aryl methyl sites for hydroxylation is 2. The smallest absolute Gasteiger partial charge is 0.185 e. The molecule has 0 saturated carbocycles. The molecule has 1 aliphatic rings. The third kappa shape index (κ3) is 1.60. The van der Waals surface area contributed by atoms with Gasteiger partial charge in [-0.25, -0.2) is 4.98 Å². The van der Waals surface area contributed by atoms with Crippen LogP contribution in [-0.2, 0) is 13.0 Å². The number of carbonyl (C=O) groups excluding carboxylic acids is 1. The van der Waals surface area contributed by atoms with Gasteiger partial charge in [0.1, 0.15) is 0 Å². The van der Waals surface area contributed by atoms with Crippen molar-refractivity contribution < 1.29 is 10.3 Å². The van der Waals surface area contributed by atoms with Crippen molar-refractivity contribution in [3.8, 4) is 0 Å². The van der Waals surface area contributed by atoms with Crippen LogP contribution in [0.4, 0.5) is 0 Å². The Morgan fingerprint density at radius 3 is 2.94 bits per heavy atom. The summed E-state index contributed by atoms with van der Waals surface area (Å²) in [7, 11) is 0. The second-order valence-electron chi connectivity index (χ2n) is 3.63. The van der Waals surface area contributed by atoms with Gasteiger partial charge in [0.25, 0.3) is 0 Å². The monoisotopic (exact) mass is 240 g/mol. The number of rotatable bonds is 1. The van der Waals surface area contributed by atoms with Gasteiger partial charge in [0.05, 0.1) is 11.0 Å². The van der Waals surface area contributed by atoms with Crippen LogP contribution in [0.2, 0.25) is 0 Å². The quantitative estimate of drug-likeness (QED) is 0.707. The van der Waals surface area contributed by atoms with Crippen LogP contribution >= 0.6 is 12.4 Å². The second-order valence-corrected chi connectivity index (χ2v) is 3.63. The van der Waals surface area contributed by atoms with E-state index in [1.807, 2.05) is 16.7 Å². The summed E-state index contributed by atoms with van der Waals surface area (Å²) >= 11 is 0. The lowest BCUT2D eigenvalue weighted by Crippen LogP contribution is -2.09. The first-order chi connectivity index (χ1) is 6.90. The lowest BCUT2D eigenvalue weighted by molar-refractivity contribution is 0.111. The maximum atomic E-state index is 10.8. The molecule has 1 aliphatic heterocycles. The van der Waals surface area contributed by atoms with Gasteiger partial charge >= 0.3 is 0 Å². The lowest BCUT2D eigenvalue weighted by atomic mass is 10.0. The molecule has 4 nitrogen and oxygen atoms in total. The van der Waals surface area contributed by atoms with Gasteiger partial charge < -0.3 is 10.0 Å². The Labute approximate surface area is 99.0 Å². The molecule has 0 amide bonds. The predicted octanol–water partition coefficient (Wildman–Crippen LogP) is 1.39. The zero-order chi connectivity index (χ0) is 9.54. The molecule has 16 heavy (non-hydrogen) atoms. The number of para-hydroxylation sites is 1. The number of aromatic nitrogens is 2. The van der Waals surface area contributed by atoms with Crippen molar-refractivity contribution in [2.75, 3.05) is 0 Å². The first kappa shape index (κ1) is 12.7. The Morgan fingerprint density at radius 2 is 2.19 bits per heavy atom. The third-order valence-corrected chi connectivity index (χ3v) is 2.81. The first-order valence-corrected chi connectivity index (χ1v) is 4.83. The molecule has 0 fully saturated rings. The SMILES string of the molecule is Cl.O.O=Cc1nc2cccc3c2n1CCC3. The van der Waals surface area contributed by atoms with Crippen molar-refractivity contribution in [2.45, 2.75) is 19.4 Å². The first-order valence-electron chi connectivity index (χ1n) is 4.83. The van der Waals surface area contributed by atoms with Crippen LogP contribution in [0.5, 0.6) is 0 Å². The van der Waals surface area contributed by atoms with E-state index in [2.05, 4.69) is 11.1 Å². The summed E-state index contributed by atoms with van der Waals surface area (Å²) < 4.78 is 2.03. The summed E-state index contributed by atoms with van der Waals surface area (Å²) in [4.78, 5) is 15.1. The van der Waals surface area contributed by atoms with Crippen LogP contribution in [-0.4, -0.2) is 21.3 Å². The van der Waals surface area contributed by atoms with Crippen molar-refractivity contribution in [3.63, 3.8) is 0 Å². The van der Waals surface area contributed by atoms with Crippen molar-refractivity contribution in [3.05, 3.63) is 29.6 Å². The molecule has 0 aliphatic carbocycles. The maximum absolute atomic E-state index is 10.8. The molecule has 0 spiro atoms. The summed E-state index contributed by atoms with van der Waals surface area (Å²) in [6, 6.07) is 6.09. The van der Waals surface area contributed by atoms with Gasteiger partial charge in [-0.3, -0.25) is 4.79 Å². The highest BCUT2D eigenvalue weighted by molar-refractivity contribution is 5.86. The normalized spacial score (nSPS) is 12.8. The molecule has 0 radical (unpaired) electrons. The van der Waals surface area contributed by atoms with E-state index in [1.54, 1.807) is 0 Å². The van der Waals surface area contributed by atoms with Crippen molar-refractivity contribution in [1.82, 2.24) is 9.55 Å². The van der Waals surface area contributed by atoms with Gasteiger partial charge in [0.2, 0.25) is 0 Å². The Kier molecular flexibility index (Phi) is 3.67. The van der Waals surface area contributed by atoms with Gasteiger partial charge in [0.15, 0.2) is 12.1 Å². The van der Waals surface area contributed by atoms with Crippen molar-refractivity contribution in [2.24, 2.45) is 0 Å². The van der Waals surface area contributed by atoms with E-state index < -0.39 is 0 Å². The predicted molar refractivity (Wildman–Crippen MR) is 64.3 cm³/mol. The minimum absolute atomic E-state index is 0. The number of carbonyl (C=O) groups is 1. The highest BCUT2D eigenvalue weighted by Crippen LogP contribution is 2.25. The van der Waals surface area contributed by atoms with E-state index in [-0.39, 0.29) is 17.9 Å².